The highest BCUT2D eigenvalue weighted by Gasteiger charge is 2.24. The Morgan fingerprint density at radius 2 is 1.84 bits per heavy atom. The van der Waals surface area contributed by atoms with Gasteiger partial charge in [-0.25, -0.2) is 13.1 Å². The van der Waals surface area contributed by atoms with Gasteiger partial charge in [-0.2, -0.15) is 5.10 Å². The first-order valence-electron chi connectivity index (χ1n) is 6.00. The Labute approximate surface area is 113 Å². The quantitative estimate of drug-likeness (QED) is 0.899. The van der Waals surface area contributed by atoms with Crippen LogP contribution in [0.15, 0.2) is 35.2 Å². The average Bonchev–Trinajstić information content (AvgIpc) is 2.70. The van der Waals surface area contributed by atoms with E-state index in [-0.39, 0.29) is 10.9 Å². The molecule has 1 heterocycles. The number of aromatic amines is 1. The van der Waals surface area contributed by atoms with Crippen molar-refractivity contribution < 1.29 is 8.42 Å². The summed E-state index contributed by atoms with van der Waals surface area (Å²) >= 11 is 0. The summed E-state index contributed by atoms with van der Waals surface area (Å²) in [7, 11) is -3.57. The summed E-state index contributed by atoms with van der Waals surface area (Å²) in [5.41, 5.74) is 1.94. The first-order valence-corrected chi connectivity index (χ1v) is 7.49. The number of aromatic nitrogens is 2. The second-order valence-electron chi connectivity index (χ2n) is 4.52. The zero-order chi connectivity index (χ0) is 14.0. The SMILES string of the molecule is Cc1n[nH]c(C)c1S(=O)(=O)N[C@H](C)c1ccccc1. The fourth-order valence-corrected chi connectivity index (χ4v) is 3.64. The lowest BCUT2D eigenvalue weighted by Crippen LogP contribution is -2.27. The van der Waals surface area contributed by atoms with Crippen LogP contribution in [0, 0.1) is 13.8 Å². The van der Waals surface area contributed by atoms with Gasteiger partial charge in [-0.05, 0) is 26.3 Å². The lowest BCUT2D eigenvalue weighted by atomic mass is 10.1. The van der Waals surface area contributed by atoms with Gasteiger partial charge in [0.2, 0.25) is 10.0 Å². The van der Waals surface area contributed by atoms with Crippen LogP contribution in [-0.2, 0) is 10.0 Å². The number of nitrogens with one attached hydrogen (secondary N) is 2. The Kier molecular flexibility index (Phi) is 3.73. The molecule has 0 unspecified atom stereocenters. The number of benzene rings is 1. The largest absolute Gasteiger partial charge is 0.281 e. The zero-order valence-electron chi connectivity index (χ0n) is 11.1. The van der Waals surface area contributed by atoms with Crippen molar-refractivity contribution in [3.8, 4) is 0 Å². The molecule has 0 radical (unpaired) electrons. The van der Waals surface area contributed by atoms with Crippen molar-refractivity contribution in [3.63, 3.8) is 0 Å². The summed E-state index contributed by atoms with van der Waals surface area (Å²) in [6.45, 7) is 5.19. The molecule has 0 aliphatic carbocycles. The Morgan fingerprint density at radius 3 is 2.37 bits per heavy atom. The van der Waals surface area contributed by atoms with Crippen molar-refractivity contribution in [3.05, 3.63) is 47.3 Å². The van der Waals surface area contributed by atoms with Gasteiger partial charge in [-0.3, -0.25) is 5.10 Å². The highest BCUT2D eigenvalue weighted by molar-refractivity contribution is 7.89. The second kappa shape index (κ2) is 5.14. The van der Waals surface area contributed by atoms with Crippen LogP contribution in [0.25, 0.3) is 0 Å². The standard InChI is InChI=1S/C13H17N3O2S/c1-9(12-7-5-4-6-8-12)16-19(17,18)13-10(2)14-15-11(13)3/h4-9,16H,1-3H3,(H,14,15)/t9-/m1/s1. The highest BCUT2D eigenvalue weighted by atomic mass is 32.2. The topological polar surface area (TPSA) is 74.8 Å². The molecular weight excluding hydrogens is 262 g/mol. The molecule has 1 aromatic heterocycles. The van der Waals surface area contributed by atoms with Gasteiger partial charge in [0, 0.05) is 6.04 Å². The van der Waals surface area contributed by atoms with E-state index < -0.39 is 10.0 Å². The minimum absolute atomic E-state index is 0.232. The van der Waals surface area contributed by atoms with Crippen LogP contribution in [0.5, 0.6) is 0 Å². The van der Waals surface area contributed by atoms with Crippen molar-refractivity contribution in [2.24, 2.45) is 0 Å². The van der Waals surface area contributed by atoms with Gasteiger partial charge in [0.25, 0.3) is 0 Å². The molecule has 0 amide bonds. The summed E-state index contributed by atoms with van der Waals surface area (Å²) in [6, 6.07) is 9.16. The third-order valence-electron chi connectivity index (χ3n) is 2.96. The minimum atomic E-state index is -3.57. The minimum Gasteiger partial charge on any atom is -0.281 e. The summed E-state index contributed by atoms with van der Waals surface area (Å²) in [5, 5.41) is 6.61. The van der Waals surface area contributed by atoms with Crippen LogP contribution in [0.1, 0.15) is 29.9 Å². The van der Waals surface area contributed by atoms with Gasteiger partial charge in [0.15, 0.2) is 0 Å². The van der Waals surface area contributed by atoms with Crippen LogP contribution < -0.4 is 4.72 Å². The molecule has 102 valence electrons. The van der Waals surface area contributed by atoms with E-state index in [9.17, 15) is 8.42 Å². The molecule has 2 N–H and O–H groups in total. The Hall–Kier alpha value is -1.66. The van der Waals surface area contributed by atoms with E-state index in [1.54, 1.807) is 13.8 Å². The predicted molar refractivity (Wildman–Crippen MR) is 73.2 cm³/mol. The van der Waals surface area contributed by atoms with E-state index in [1.165, 1.54) is 0 Å². The van der Waals surface area contributed by atoms with Gasteiger partial charge in [0.1, 0.15) is 4.90 Å². The molecule has 0 saturated heterocycles. The average molecular weight is 279 g/mol. The summed E-state index contributed by atoms with van der Waals surface area (Å²) in [6.07, 6.45) is 0. The van der Waals surface area contributed by atoms with Crippen LogP contribution in [0.4, 0.5) is 0 Å². The number of aryl methyl sites for hydroxylation is 2. The molecule has 1 atom stereocenters. The van der Waals surface area contributed by atoms with Gasteiger partial charge < -0.3 is 0 Å². The van der Waals surface area contributed by atoms with E-state index in [0.717, 1.165) is 5.56 Å². The fraction of sp³-hybridized carbons (Fsp3) is 0.308. The van der Waals surface area contributed by atoms with Gasteiger partial charge >= 0.3 is 0 Å². The molecule has 19 heavy (non-hydrogen) atoms. The first-order chi connectivity index (χ1) is 8.92. The number of H-pyrrole nitrogens is 1. The Balaban J connectivity index is 2.28. The third kappa shape index (κ3) is 2.85. The molecule has 5 nitrogen and oxygen atoms in total. The Morgan fingerprint density at radius 1 is 1.21 bits per heavy atom. The van der Waals surface area contributed by atoms with E-state index in [1.807, 2.05) is 37.3 Å². The Bertz CT molecular complexity index is 643. The monoisotopic (exact) mass is 279 g/mol. The fourth-order valence-electron chi connectivity index (χ4n) is 2.04. The molecule has 2 aromatic rings. The van der Waals surface area contributed by atoms with Crippen LogP contribution in [0.2, 0.25) is 0 Å². The molecule has 0 fully saturated rings. The lowest BCUT2D eigenvalue weighted by molar-refractivity contribution is 0.566. The molecule has 1 aromatic carbocycles. The van der Waals surface area contributed by atoms with Crippen molar-refractivity contribution in [2.75, 3.05) is 0 Å². The van der Waals surface area contributed by atoms with E-state index >= 15 is 0 Å². The van der Waals surface area contributed by atoms with Crippen LogP contribution in [0.3, 0.4) is 0 Å². The number of hydrogen-bond acceptors (Lipinski definition) is 3. The van der Waals surface area contributed by atoms with Crippen molar-refractivity contribution in [1.29, 1.82) is 0 Å². The maximum Gasteiger partial charge on any atom is 0.244 e. The third-order valence-corrected chi connectivity index (χ3v) is 4.76. The van der Waals surface area contributed by atoms with Crippen LogP contribution in [-0.4, -0.2) is 18.6 Å². The first kappa shape index (κ1) is 13.8. The number of hydrogen-bond donors (Lipinski definition) is 2. The van der Waals surface area contributed by atoms with E-state index in [0.29, 0.717) is 11.4 Å². The van der Waals surface area contributed by atoms with Gasteiger partial charge in [-0.1, -0.05) is 30.3 Å². The molecular formula is C13H17N3O2S. The van der Waals surface area contributed by atoms with Gasteiger partial charge in [-0.15, -0.1) is 0 Å². The van der Waals surface area contributed by atoms with Crippen LogP contribution >= 0.6 is 0 Å². The summed E-state index contributed by atoms with van der Waals surface area (Å²) in [4.78, 5) is 0.232. The van der Waals surface area contributed by atoms with Crippen molar-refractivity contribution in [2.45, 2.75) is 31.7 Å². The second-order valence-corrected chi connectivity index (χ2v) is 6.17. The number of nitrogens with zero attached hydrogens (tertiary/aromatic N) is 1. The molecule has 0 saturated carbocycles. The molecule has 0 bridgehead atoms. The molecule has 2 rings (SSSR count). The predicted octanol–water partition coefficient (Wildman–Crippen LogP) is 2.07. The maximum absolute atomic E-state index is 12.3. The number of sulfonamides is 1. The lowest BCUT2D eigenvalue weighted by Gasteiger charge is -2.14. The summed E-state index contributed by atoms with van der Waals surface area (Å²) < 4.78 is 27.4. The maximum atomic E-state index is 12.3. The molecule has 0 aliphatic heterocycles. The van der Waals surface area contributed by atoms with Gasteiger partial charge in [0.05, 0.1) is 11.4 Å². The smallest absolute Gasteiger partial charge is 0.244 e. The summed E-state index contributed by atoms with van der Waals surface area (Å²) in [5.74, 6) is 0. The van der Waals surface area contributed by atoms with E-state index in [4.69, 9.17) is 0 Å². The van der Waals surface area contributed by atoms with E-state index in [2.05, 4.69) is 14.9 Å². The normalized spacial score (nSPS) is 13.4. The molecule has 6 heteroatoms. The molecule has 0 aliphatic rings. The zero-order valence-corrected chi connectivity index (χ0v) is 12.0. The number of rotatable bonds is 4. The van der Waals surface area contributed by atoms with Crippen molar-refractivity contribution in [1.82, 2.24) is 14.9 Å². The molecule has 0 spiro atoms. The van der Waals surface area contributed by atoms with Crippen molar-refractivity contribution >= 4 is 10.0 Å². The highest BCUT2D eigenvalue weighted by Crippen LogP contribution is 2.20.